The van der Waals surface area contributed by atoms with Crippen LogP contribution in [0.5, 0.6) is 0 Å². The van der Waals surface area contributed by atoms with E-state index < -0.39 is 0 Å². The fourth-order valence-electron chi connectivity index (χ4n) is 3.35. The normalized spacial score (nSPS) is 14.0. The van der Waals surface area contributed by atoms with Gasteiger partial charge in [-0.25, -0.2) is 14.4 Å². The standard InChI is InChI=1S/C22H30FN7O.HI/c1-2-24-21(25-12-8-18-4-6-19(23)7-5-18)26-13-9-20(31)29-14-16-30(17-15-29)22-27-10-3-11-28-22;/h3-7,10-11H,2,8-9,12-17H2,1H3,(H2,24,25,26);1H. The summed E-state index contributed by atoms with van der Waals surface area (Å²) in [4.78, 5) is 29.6. The Balaban J connectivity index is 0.00000363. The van der Waals surface area contributed by atoms with Crippen molar-refractivity contribution in [2.75, 3.05) is 50.7 Å². The minimum absolute atomic E-state index is 0. The number of aromatic nitrogens is 2. The van der Waals surface area contributed by atoms with E-state index in [-0.39, 0.29) is 35.7 Å². The first-order valence-corrected chi connectivity index (χ1v) is 10.7. The lowest BCUT2D eigenvalue weighted by Gasteiger charge is -2.34. The number of guanidine groups is 1. The summed E-state index contributed by atoms with van der Waals surface area (Å²) < 4.78 is 13.0. The maximum atomic E-state index is 13.0. The summed E-state index contributed by atoms with van der Waals surface area (Å²) in [6.45, 7) is 6.62. The third-order valence-corrected chi connectivity index (χ3v) is 5.03. The van der Waals surface area contributed by atoms with Crippen molar-refractivity contribution in [3.63, 3.8) is 0 Å². The van der Waals surface area contributed by atoms with E-state index in [4.69, 9.17) is 0 Å². The Hall–Kier alpha value is -2.50. The van der Waals surface area contributed by atoms with Crippen LogP contribution in [0, 0.1) is 5.82 Å². The molecule has 0 aliphatic carbocycles. The lowest BCUT2D eigenvalue weighted by molar-refractivity contribution is -0.131. The van der Waals surface area contributed by atoms with E-state index in [1.807, 2.05) is 11.8 Å². The number of rotatable bonds is 8. The molecule has 0 bridgehead atoms. The number of carbonyl (C=O) groups excluding carboxylic acids is 1. The van der Waals surface area contributed by atoms with Crippen molar-refractivity contribution >= 4 is 41.8 Å². The van der Waals surface area contributed by atoms with Crippen LogP contribution in [0.25, 0.3) is 0 Å². The van der Waals surface area contributed by atoms with E-state index in [0.717, 1.165) is 31.6 Å². The summed E-state index contributed by atoms with van der Waals surface area (Å²) in [7, 11) is 0. The predicted molar refractivity (Wildman–Crippen MR) is 135 cm³/mol. The van der Waals surface area contributed by atoms with E-state index in [2.05, 4.69) is 30.5 Å². The maximum Gasteiger partial charge on any atom is 0.225 e. The fraction of sp³-hybridized carbons (Fsp3) is 0.455. The molecular formula is C22H31FIN7O. The van der Waals surface area contributed by atoms with Gasteiger partial charge >= 0.3 is 0 Å². The molecule has 2 heterocycles. The molecule has 1 aromatic carbocycles. The molecule has 3 rings (SSSR count). The zero-order chi connectivity index (χ0) is 21.9. The Morgan fingerprint density at radius 2 is 1.78 bits per heavy atom. The van der Waals surface area contributed by atoms with Gasteiger partial charge in [0.15, 0.2) is 5.96 Å². The SMILES string of the molecule is CCNC(=NCCC(=O)N1CCN(c2ncccn2)CC1)NCCc1ccc(F)cc1.I. The number of benzene rings is 1. The first-order chi connectivity index (χ1) is 15.2. The topological polar surface area (TPSA) is 85.8 Å². The van der Waals surface area contributed by atoms with Gasteiger partial charge in [-0.2, -0.15) is 0 Å². The van der Waals surface area contributed by atoms with Gasteiger partial charge in [0.05, 0.1) is 6.54 Å². The van der Waals surface area contributed by atoms with Crippen LogP contribution in [0.3, 0.4) is 0 Å². The highest BCUT2D eigenvalue weighted by Crippen LogP contribution is 2.10. The van der Waals surface area contributed by atoms with Crippen molar-refractivity contribution in [3.05, 3.63) is 54.1 Å². The lowest BCUT2D eigenvalue weighted by atomic mass is 10.1. The number of piperazine rings is 1. The number of amides is 1. The molecule has 1 aliphatic heterocycles. The van der Waals surface area contributed by atoms with E-state index in [1.54, 1.807) is 30.6 Å². The molecule has 1 aliphatic rings. The minimum Gasteiger partial charge on any atom is -0.357 e. The molecule has 1 fully saturated rings. The van der Waals surface area contributed by atoms with E-state index >= 15 is 0 Å². The van der Waals surface area contributed by atoms with Crippen LogP contribution in [0.15, 0.2) is 47.7 Å². The van der Waals surface area contributed by atoms with Crippen LogP contribution in [-0.2, 0) is 11.2 Å². The highest BCUT2D eigenvalue weighted by molar-refractivity contribution is 14.0. The van der Waals surface area contributed by atoms with Crippen molar-refractivity contribution in [2.45, 2.75) is 19.8 Å². The predicted octanol–water partition coefficient (Wildman–Crippen LogP) is 2.07. The molecule has 0 saturated carbocycles. The van der Waals surface area contributed by atoms with Crippen LogP contribution in [-0.4, -0.2) is 72.5 Å². The number of hydrogen-bond donors (Lipinski definition) is 2. The molecule has 0 unspecified atom stereocenters. The number of halogens is 2. The molecule has 32 heavy (non-hydrogen) atoms. The highest BCUT2D eigenvalue weighted by atomic mass is 127. The number of aliphatic imine (C=N–C) groups is 1. The summed E-state index contributed by atoms with van der Waals surface area (Å²) in [5.74, 6) is 1.27. The summed E-state index contributed by atoms with van der Waals surface area (Å²) >= 11 is 0. The quantitative estimate of drug-likeness (QED) is 0.295. The summed E-state index contributed by atoms with van der Waals surface area (Å²) in [5, 5.41) is 6.45. The average molecular weight is 555 g/mol. The van der Waals surface area contributed by atoms with Crippen LogP contribution < -0.4 is 15.5 Å². The third kappa shape index (κ3) is 8.21. The number of hydrogen-bond acceptors (Lipinski definition) is 5. The molecule has 2 N–H and O–H groups in total. The minimum atomic E-state index is -0.230. The molecular weight excluding hydrogens is 524 g/mol. The van der Waals surface area contributed by atoms with Gasteiger partial charge in [0.25, 0.3) is 0 Å². The molecule has 1 amide bonds. The van der Waals surface area contributed by atoms with Crippen molar-refractivity contribution in [3.8, 4) is 0 Å². The van der Waals surface area contributed by atoms with E-state index in [9.17, 15) is 9.18 Å². The van der Waals surface area contributed by atoms with E-state index in [0.29, 0.717) is 44.5 Å². The zero-order valence-corrected chi connectivity index (χ0v) is 20.7. The van der Waals surface area contributed by atoms with Crippen LogP contribution >= 0.6 is 24.0 Å². The molecule has 8 nitrogen and oxygen atoms in total. The van der Waals surface area contributed by atoms with Crippen molar-refractivity contribution in [1.29, 1.82) is 0 Å². The van der Waals surface area contributed by atoms with Gasteiger partial charge in [0, 0.05) is 58.1 Å². The van der Waals surface area contributed by atoms with Crippen molar-refractivity contribution < 1.29 is 9.18 Å². The van der Waals surface area contributed by atoms with Gasteiger partial charge in [-0.1, -0.05) is 12.1 Å². The van der Waals surface area contributed by atoms with Gasteiger partial charge in [0.1, 0.15) is 5.82 Å². The lowest BCUT2D eigenvalue weighted by Crippen LogP contribution is -2.49. The fourth-order valence-corrected chi connectivity index (χ4v) is 3.35. The Labute approximate surface area is 205 Å². The molecule has 1 aromatic heterocycles. The molecule has 2 aromatic rings. The van der Waals surface area contributed by atoms with Crippen molar-refractivity contribution in [2.24, 2.45) is 4.99 Å². The highest BCUT2D eigenvalue weighted by Gasteiger charge is 2.22. The zero-order valence-electron chi connectivity index (χ0n) is 18.3. The van der Waals surface area contributed by atoms with Crippen LogP contribution in [0.2, 0.25) is 0 Å². The average Bonchev–Trinajstić information content (AvgIpc) is 2.81. The smallest absolute Gasteiger partial charge is 0.225 e. The number of nitrogens with one attached hydrogen (secondary N) is 2. The Morgan fingerprint density at radius 3 is 2.44 bits per heavy atom. The second kappa shape index (κ2) is 13.8. The first-order valence-electron chi connectivity index (χ1n) is 10.7. The Kier molecular flexibility index (Phi) is 11.1. The third-order valence-electron chi connectivity index (χ3n) is 5.03. The Bertz CT molecular complexity index is 843. The monoisotopic (exact) mass is 555 g/mol. The van der Waals surface area contributed by atoms with Gasteiger partial charge in [-0.15, -0.1) is 24.0 Å². The molecule has 10 heteroatoms. The Morgan fingerprint density at radius 1 is 1.09 bits per heavy atom. The largest absolute Gasteiger partial charge is 0.357 e. The maximum absolute atomic E-state index is 13.0. The van der Waals surface area contributed by atoms with Crippen LogP contribution in [0.1, 0.15) is 18.9 Å². The van der Waals surface area contributed by atoms with Gasteiger partial charge in [-0.3, -0.25) is 9.79 Å². The van der Waals surface area contributed by atoms with Gasteiger partial charge in [0.2, 0.25) is 11.9 Å². The van der Waals surface area contributed by atoms with Gasteiger partial charge in [-0.05, 0) is 37.1 Å². The number of anilines is 1. The van der Waals surface area contributed by atoms with E-state index in [1.165, 1.54) is 12.1 Å². The molecule has 1 saturated heterocycles. The summed E-state index contributed by atoms with van der Waals surface area (Å²) in [6, 6.07) is 8.29. The molecule has 0 radical (unpaired) electrons. The first kappa shape index (κ1) is 25.8. The van der Waals surface area contributed by atoms with Gasteiger partial charge < -0.3 is 20.4 Å². The molecule has 0 atom stereocenters. The molecule has 174 valence electrons. The number of carbonyl (C=O) groups is 1. The second-order valence-electron chi connectivity index (χ2n) is 7.23. The van der Waals surface area contributed by atoms with Crippen LogP contribution in [0.4, 0.5) is 10.3 Å². The summed E-state index contributed by atoms with van der Waals surface area (Å²) in [6.07, 6.45) is 4.59. The summed E-state index contributed by atoms with van der Waals surface area (Å²) in [5.41, 5.74) is 1.06. The second-order valence-corrected chi connectivity index (χ2v) is 7.23. The molecule has 0 spiro atoms. The van der Waals surface area contributed by atoms with Crippen molar-refractivity contribution in [1.82, 2.24) is 25.5 Å². The number of nitrogens with zero attached hydrogens (tertiary/aromatic N) is 5.